The lowest BCUT2D eigenvalue weighted by molar-refractivity contribution is 0.0575. The van der Waals surface area contributed by atoms with Gasteiger partial charge < -0.3 is 10.5 Å². The molecule has 0 fully saturated rings. The molecule has 2 N–H and O–H groups in total. The topological polar surface area (TPSA) is 72.6 Å². The van der Waals surface area contributed by atoms with Gasteiger partial charge in [-0.3, -0.25) is 14.5 Å². The number of rotatable bonds is 4. The van der Waals surface area contributed by atoms with Gasteiger partial charge >= 0.3 is 0 Å². The van der Waals surface area contributed by atoms with E-state index in [1.807, 2.05) is 6.92 Å². The molecule has 0 saturated carbocycles. The first-order valence-electron chi connectivity index (χ1n) is 5.49. The van der Waals surface area contributed by atoms with E-state index in [9.17, 15) is 9.59 Å². The molecule has 5 heteroatoms. The van der Waals surface area contributed by atoms with Crippen LogP contribution in [-0.2, 0) is 4.74 Å². The first-order valence-corrected chi connectivity index (χ1v) is 5.49. The van der Waals surface area contributed by atoms with Gasteiger partial charge in [-0.05, 0) is 19.1 Å². The third kappa shape index (κ3) is 1.89. The Kier molecular flexibility index (Phi) is 3.10. The summed E-state index contributed by atoms with van der Waals surface area (Å²) in [6, 6.07) is 4.91. The minimum Gasteiger partial charge on any atom is -0.398 e. The Labute approximate surface area is 99.2 Å². The zero-order chi connectivity index (χ0) is 12.4. The molecule has 5 nitrogen and oxygen atoms in total. The number of carbonyl (C=O) groups excluding carboxylic acids is 2. The average molecular weight is 234 g/mol. The average Bonchev–Trinajstić information content (AvgIpc) is 2.55. The number of fused-ring (bicyclic) bond motifs is 1. The second-order valence-electron chi connectivity index (χ2n) is 3.73. The normalized spacial score (nSPS) is 14.3. The molecule has 0 saturated heterocycles. The first kappa shape index (κ1) is 11.6. The van der Waals surface area contributed by atoms with Crippen LogP contribution < -0.4 is 5.73 Å². The molecule has 1 aromatic rings. The molecule has 1 aliphatic heterocycles. The number of hydrogen-bond acceptors (Lipinski definition) is 4. The lowest BCUT2D eigenvalue weighted by Crippen LogP contribution is -2.33. The maximum absolute atomic E-state index is 12.0. The van der Waals surface area contributed by atoms with E-state index in [2.05, 4.69) is 0 Å². The number of ether oxygens (including phenoxy) is 1. The molecule has 2 rings (SSSR count). The molecule has 0 aliphatic carbocycles. The van der Waals surface area contributed by atoms with Crippen LogP contribution in [-0.4, -0.2) is 36.5 Å². The van der Waals surface area contributed by atoms with Crippen LogP contribution >= 0.6 is 0 Å². The minimum atomic E-state index is -0.331. The van der Waals surface area contributed by atoms with Gasteiger partial charge in [-0.25, -0.2) is 0 Å². The van der Waals surface area contributed by atoms with Crippen LogP contribution in [0.15, 0.2) is 18.2 Å². The Hall–Kier alpha value is -1.88. The summed E-state index contributed by atoms with van der Waals surface area (Å²) in [6.07, 6.45) is 0. The zero-order valence-corrected chi connectivity index (χ0v) is 9.60. The van der Waals surface area contributed by atoms with Crippen molar-refractivity contribution in [2.45, 2.75) is 6.92 Å². The highest BCUT2D eigenvalue weighted by Gasteiger charge is 2.36. The first-order chi connectivity index (χ1) is 8.16. The Bertz CT molecular complexity index is 471. The van der Waals surface area contributed by atoms with Crippen molar-refractivity contribution in [1.29, 1.82) is 0 Å². The molecule has 0 atom stereocenters. The maximum Gasteiger partial charge on any atom is 0.263 e. The lowest BCUT2D eigenvalue weighted by Gasteiger charge is -2.13. The fourth-order valence-corrected chi connectivity index (χ4v) is 1.86. The van der Waals surface area contributed by atoms with Crippen LogP contribution in [0.4, 0.5) is 5.69 Å². The molecular formula is C12H14N2O3. The highest BCUT2D eigenvalue weighted by molar-refractivity contribution is 6.23. The van der Waals surface area contributed by atoms with E-state index in [0.717, 1.165) is 0 Å². The van der Waals surface area contributed by atoms with Crippen molar-refractivity contribution in [2.75, 3.05) is 25.5 Å². The number of anilines is 1. The second kappa shape index (κ2) is 4.55. The number of hydrogen-bond donors (Lipinski definition) is 1. The van der Waals surface area contributed by atoms with Gasteiger partial charge in [0.15, 0.2) is 0 Å². The highest BCUT2D eigenvalue weighted by atomic mass is 16.5. The van der Waals surface area contributed by atoms with Crippen molar-refractivity contribution >= 4 is 17.5 Å². The lowest BCUT2D eigenvalue weighted by atomic mass is 10.1. The van der Waals surface area contributed by atoms with E-state index >= 15 is 0 Å². The van der Waals surface area contributed by atoms with Crippen molar-refractivity contribution in [2.24, 2.45) is 0 Å². The largest absolute Gasteiger partial charge is 0.398 e. The van der Waals surface area contributed by atoms with Crippen LogP contribution in [0.2, 0.25) is 0 Å². The standard InChI is InChI=1S/C12H14N2O3/c1-2-17-7-6-14-11(15)8-4-3-5-9(13)10(8)12(14)16/h3-5H,2,6-7,13H2,1H3. The monoisotopic (exact) mass is 234 g/mol. The third-order valence-electron chi connectivity index (χ3n) is 2.69. The molecule has 0 unspecified atom stereocenters. The number of benzene rings is 1. The van der Waals surface area contributed by atoms with Crippen LogP contribution in [0.25, 0.3) is 0 Å². The van der Waals surface area contributed by atoms with Crippen LogP contribution in [0.5, 0.6) is 0 Å². The molecule has 2 amide bonds. The summed E-state index contributed by atoms with van der Waals surface area (Å²) >= 11 is 0. The Morgan fingerprint density at radius 3 is 2.71 bits per heavy atom. The third-order valence-corrected chi connectivity index (χ3v) is 2.69. The molecule has 1 aromatic carbocycles. The van der Waals surface area contributed by atoms with E-state index < -0.39 is 0 Å². The minimum absolute atomic E-state index is 0.264. The van der Waals surface area contributed by atoms with Gasteiger partial charge in [0, 0.05) is 12.3 Å². The van der Waals surface area contributed by atoms with E-state index in [0.29, 0.717) is 30.0 Å². The predicted molar refractivity (Wildman–Crippen MR) is 62.7 cm³/mol. The summed E-state index contributed by atoms with van der Waals surface area (Å²) in [5.41, 5.74) is 6.75. The summed E-state index contributed by atoms with van der Waals surface area (Å²) in [5.74, 6) is -0.625. The van der Waals surface area contributed by atoms with Gasteiger partial charge in [0.1, 0.15) is 0 Å². The van der Waals surface area contributed by atoms with Crippen LogP contribution in [0, 0.1) is 0 Å². The van der Waals surface area contributed by atoms with Gasteiger partial charge in [-0.1, -0.05) is 6.07 Å². The van der Waals surface area contributed by atoms with Crippen molar-refractivity contribution in [1.82, 2.24) is 4.90 Å². The quantitative estimate of drug-likeness (QED) is 0.477. The number of nitrogens with two attached hydrogens (primary N) is 1. The highest BCUT2D eigenvalue weighted by Crippen LogP contribution is 2.27. The number of nitrogens with zero attached hydrogens (tertiary/aromatic N) is 1. The van der Waals surface area contributed by atoms with E-state index in [4.69, 9.17) is 10.5 Å². The molecule has 1 heterocycles. The number of nitrogen functional groups attached to an aromatic ring is 1. The molecule has 17 heavy (non-hydrogen) atoms. The molecule has 0 spiro atoms. The second-order valence-corrected chi connectivity index (χ2v) is 3.73. The van der Waals surface area contributed by atoms with Gasteiger partial charge in [-0.15, -0.1) is 0 Å². The summed E-state index contributed by atoms with van der Waals surface area (Å²) < 4.78 is 5.14. The SMILES string of the molecule is CCOCCN1C(=O)c2cccc(N)c2C1=O. The van der Waals surface area contributed by atoms with E-state index in [-0.39, 0.29) is 18.4 Å². The van der Waals surface area contributed by atoms with Crippen LogP contribution in [0.1, 0.15) is 27.6 Å². The predicted octanol–water partition coefficient (Wildman–Crippen LogP) is 0.901. The zero-order valence-electron chi connectivity index (χ0n) is 9.60. The Morgan fingerprint density at radius 2 is 2.06 bits per heavy atom. The summed E-state index contributed by atoms with van der Waals surface area (Å²) in [5, 5.41) is 0. The van der Waals surface area contributed by atoms with E-state index in [1.165, 1.54) is 4.90 Å². The van der Waals surface area contributed by atoms with Gasteiger partial charge in [0.05, 0.1) is 24.3 Å². The van der Waals surface area contributed by atoms with E-state index in [1.54, 1.807) is 18.2 Å². The molecule has 0 aromatic heterocycles. The van der Waals surface area contributed by atoms with Gasteiger partial charge in [0.2, 0.25) is 0 Å². The fraction of sp³-hybridized carbons (Fsp3) is 0.333. The van der Waals surface area contributed by atoms with Gasteiger partial charge in [-0.2, -0.15) is 0 Å². The summed E-state index contributed by atoms with van der Waals surface area (Å²) in [6.45, 7) is 3.03. The molecule has 0 bridgehead atoms. The van der Waals surface area contributed by atoms with Crippen molar-refractivity contribution in [3.05, 3.63) is 29.3 Å². The smallest absolute Gasteiger partial charge is 0.263 e. The number of imide groups is 1. The molecular weight excluding hydrogens is 220 g/mol. The van der Waals surface area contributed by atoms with Crippen molar-refractivity contribution in [3.8, 4) is 0 Å². The maximum atomic E-state index is 12.0. The fourth-order valence-electron chi connectivity index (χ4n) is 1.86. The van der Waals surface area contributed by atoms with Crippen molar-refractivity contribution < 1.29 is 14.3 Å². The van der Waals surface area contributed by atoms with Crippen molar-refractivity contribution in [3.63, 3.8) is 0 Å². The summed E-state index contributed by atoms with van der Waals surface area (Å²) in [4.78, 5) is 25.1. The number of carbonyl (C=O) groups is 2. The van der Waals surface area contributed by atoms with Crippen LogP contribution in [0.3, 0.4) is 0 Å². The summed E-state index contributed by atoms with van der Waals surface area (Å²) in [7, 11) is 0. The number of amides is 2. The molecule has 1 aliphatic rings. The molecule has 0 radical (unpaired) electrons. The Balaban J connectivity index is 2.24. The molecule has 90 valence electrons. The van der Waals surface area contributed by atoms with Gasteiger partial charge in [0.25, 0.3) is 11.8 Å². The Morgan fingerprint density at radius 1 is 1.29 bits per heavy atom.